The van der Waals surface area contributed by atoms with Gasteiger partial charge in [-0.15, -0.1) is 0 Å². The van der Waals surface area contributed by atoms with Crippen LogP contribution in [0.1, 0.15) is 0 Å². The van der Waals surface area contributed by atoms with Gasteiger partial charge in [0.2, 0.25) is 5.95 Å². The molecule has 112 valence electrons. The number of hydrogen-bond donors (Lipinski definition) is 1. The molecule has 1 saturated heterocycles. The van der Waals surface area contributed by atoms with Gasteiger partial charge in [-0.25, -0.2) is 15.0 Å². The summed E-state index contributed by atoms with van der Waals surface area (Å²) in [6.07, 6.45) is 3.56. The van der Waals surface area contributed by atoms with Gasteiger partial charge in [-0.05, 0) is 12.1 Å². The van der Waals surface area contributed by atoms with Gasteiger partial charge in [0.25, 0.3) is 0 Å². The minimum absolute atomic E-state index is 0.630. The maximum atomic E-state index is 6.15. The fourth-order valence-corrected chi connectivity index (χ4v) is 2.72. The summed E-state index contributed by atoms with van der Waals surface area (Å²) in [5, 5.41) is 0.630. The highest BCUT2D eigenvalue weighted by molar-refractivity contribution is 6.34. The van der Waals surface area contributed by atoms with Crippen LogP contribution < -0.4 is 4.90 Å². The first-order chi connectivity index (χ1) is 10.8. The van der Waals surface area contributed by atoms with Gasteiger partial charge in [0, 0.05) is 25.5 Å². The highest BCUT2D eigenvalue weighted by Gasteiger charge is 2.14. The number of benzene rings is 1. The van der Waals surface area contributed by atoms with Crippen LogP contribution in [-0.2, 0) is 4.74 Å². The largest absolute Gasteiger partial charge is 0.378 e. The number of rotatable bonds is 2. The van der Waals surface area contributed by atoms with Crippen molar-refractivity contribution in [1.29, 1.82) is 0 Å². The Morgan fingerprint density at radius 1 is 1.14 bits per heavy atom. The summed E-state index contributed by atoms with van der Waals surface area (Å²) in [7, 11) is 0. The smallest absolute Gasteiger partial charge is 0.225 e. The minimum atomic E-state index is 0.630. The second-order valence-corrected chi connectivity index (χ2v) is 5.50. The predicted octanol–water partition coefficient (Wildman–Crippen LogP) is 2.51. The molecule has 0 unspecified atom stereocenters. The average molecular weight is 316 g/mol. The molecule has 0 amide bonds. The molecule has 1 fully saturated rings. The SMILES string of the molecule is Clc1cccc2[nH]c(-c3cnc(N4CCOCC4)nc3)nc12. The quantitative estimate of drug-likeness (QED) is 0.787. The van der Waals surface area contributed by atoms with Gasteiger partial charge < -0.3 is 14.6 Å². The molecule has 1 aliphatic heterocycles. The zero-order valence-corrected chi connectivity index (χ0v) is 12.5. The van der Waals surface area contributed by atoms with Crippen molar-refractivity contribution in [3.63, 3.8) is 0 Å². The second kappa shape index (κ2) is 5.55. The normalized spacial score (nSPS) is 15.4. The summed E-state index contributed by atoms with van der Waals surface area (Å²) >= 11 is 6.15. The Hall–Kier alpha value is -2.18. The van der Waals surface area contributed by atoms with Gasteiger partial charge in [0.05, 0.1) is 29.3 Å². The number of nitrogens with zero attached hydrogens (tertiary/aromatic N) is 4. The van der Waals surface area contributed by atoms with Crippen molar-refractivity contribution in [2.75, 3.05) is 31.2 Å². The Morgan fingerprint density at radius 3 is 2.64 bits per heavy atom. The zero-order valence-electron chi connectivity index (χ0n) is 11.8. The molecule has 0 bridgehead atoms. The Labute approximate surface area is 132 Å². The number of anilines is 1. The van der Waals surface area contributed by atoms with Gasteiger partial charge in [-0.2, -0.15) is 0 Å². The molecular formula is C15H14ClN5O. The molecule has 2 aromatic heterocycles. The van der Waals surface area contributed by atoms with Crippen LogP contribution in [0.2, 0.25) is 5.02 Å². The van der Waals surface area contributed by atoms with Crippen LogP contribution in [0.3, 0.4) is 0 Å². The van der Waals surface area contributed by atoms with E-state index in [-0.39, 0.29) is 0 Å². The van der Waals surface area contributed by atoms with Gasteiger partial charge in [-0.1, -0.05) is 17.7 Å². The third kappa shape index (κ3) is 2.40. The Kier molecular flexibility index (Phi) is 3.40. The molecular weight excluding hydrogens is 302 g/mol. The highest BCUT2D eigenvalue weighted by atomic mass is 35.5. The Morgan fingerprint density at radius 2 is 1.91 bits per heavy atom. The lowest BCUT2D eigenvalue weighted by Crippen LogP contribution is -2.37. The van der Waals surface area contributed by atoms with Crippen molar-refractivity contribution in [2.24, 2.45) is 0 Å². The first-order valence-electron chi connectivity index (χ1n) is 7.10. The number of imidazole rings is 1. The number of aromatic nitrogens is 4. The number of fused-ring (bicyclic) bond motifs is 1. The Bertz CT molecular complexity index is 795. The van der Waals surface area contributed by atoms with Crippen molar-refractivity contribution < 1.29 is 4.74 Å². The second-order valence-electron chi connectivity index (χ2n) is 5.09. The molecule has 6 nitrogen and oxygen atoms in total. The van der Waals surface area contributed by atoms with Gasteiger partial charge in [0.1, 0.15) is 11.3 Å². The summed E-state index contributed by atoms with van der Waals surface area (Å²) in [6.45, 7) is 3.07. The summed E-state index contributed by atoms with van der Waals surface area (Å²) in [4.78, 5) is 18.8. The lowest BCUT2D eigenvalue weighted by atomic mass is 10.3. The van der Waals surface area contributed by atoms with Crippen molar-refractivity contribution in [1.82, 2.24) is 19.9 Å². The topological polar surface area (TPSA) is 66.9 Å². The molecule has 0 radical (unpaired) electrons. The fourth-order valence-electron chi connectivity index (χ4n) is 2.50. The van der Waals surface area contributed by atoms with Crippen molar-refractivity contribution in [3.05, 3.63) is 35.6 Å². The summed E-state index contributed by atoms with van der Waals surface area (Å²) in [5.41, 5.74) is 2.50. The number of nitrogens with one attached hydrogen (secondary N) is 1. The van der Waals surface area contributed by atoms with Crippen molar-refractivity contribution in [2.45, 2.75) is 0 Å². The standard InChI is InChI=1S/C15H14ClN5O/c16-11-2-1-3-12-13(11)20-14(19-12)10-8-17-15(18-9-10)21-4-6-22-7-5-21/h1-3,8-9H,4-7H2,(H,19,20). The number of halogens is 1. The fraction of sp³-hybridized carbons (Fsp3) is 0.267. The van der Waals surface area contributed by atoms with E-state index in [4.69, 9.17) is 16.3 Å². The maximum Gasteiger partial charge on any atom is 0.225 e. The molecule has 0 aliphatic carbocycles. The van der Waals surface area contributed by atoms with E-state index in [2.05, 4.69) is 24.8 Å². The van der Waals surface area contributed by atoms with E-state index in [9.17, 15) is 0 Å². The van der Waals surface area contributed by atoms with E-state index in [0.29, 0.717) is 18.2 Å². The average Bonchev–Trinajstić information content (AvgIpc) is 3.02. The number of para-hydroxylation sites is 1. The summed E-state index contributed by atoms with van der Waals surface area (Å²) in [6, 6.07) is 5.66. The minimum Gasteiger partial charge on any atom is -0.378 e. The molecule has 22 heavy (non-hydrogen) atoms. The predicted molar refractivity (Wildman–Crippen MR) is 85.2 cm³/mol. The van der Waals surface area contributed by atoms with Gasteiger partial charge in [-0.3, -0.25) is 0 Å². The molecule has 3 aromatic rings. The highest BCUT2D eigenvalue weighted by Crippen LogP contribution is 2.25. The first kappa shape index (κ1) is 13.5. The van der Waals surface area contributed by atoms with Crippen molar-refractivity contribution >= 4 is 28.6 Å². The number of morpholine rings is 1. The van der Waals surface area contributed by atoms with Crippen LogP contribution in [0.4, 0.5) is 5.95 Å². The molecule has 4 rings (SSSR count). The molecule has 0 atom stereocenters. The number of H-pyrrole nitrogens is 1. The molecule has 7 heteroatoms. The third-order valence-corrected chi connectivity index (χ3v) is 3.97. The molecule has 0 saturated carbocycles. The summed E-state index contributed by atoms with van der Waals surface area (Å²) in [5.74, 6) is 1.44. The number of hydrogen-bond acceptors (Lipinski definition) is 5. The van der Waals surface area contributed by atoms with Crippen LogP contribution in [0.25, 0.3) is 22.4 Å². The van der Waals surface area contributed by atoms with E-state index in [0.717, 1.165) is 41.5 Å². The van der Waals surface area contributed by atoms with Crippen molar-refractivity contribution in [3.8, 4) is 11.4 Å². The lowest BCUT2D eigenvalue weighted by molar-refractivity contribution is 0.122. The molecule has 3 heterocycles. The molecule has 0 spiro atoms. The lowest BCUT2D eigenvalue weighted by Gasteiger charge is -2.26. The van der Waals surface area contributed by atoms with Crippen LogP contribution in [0, 0.1) is 0 Å². The van der Waals surface area contributed by atoms with Gasteiger partial charge >= 0.3 is 0 Å². The van der Waals surface area contributed by atoms with E-state index < -0.39 is 0 Å². The van der Waals surface area contributed by atoms with E-state index >= 15 is 0 Å². The Balaban J connectivity index is 1.65. The molecule has 1 aromatic carbocycles. The van der Waals surface area contributed by atoms with E-state index in [1.54, 1.807) is 12.4 Å². The van der Waals surface area contributed by atoms with E-state index in [1.165, 1.54) is 0 Å². The van der Waals surface area contributed by atoms with Gasteiger partial charge in [0.15, 0.2) is 0 Å². The summed E-state index contributed by atoms with van der Waals surface area (Å²) < 4.78 is 5.33. The van der Waals surface area contributed by atoms with Crippen LogP contribution >= 0.6 is 11.6 Å². The molecule has 1 N–H and O–H groups in total. The number of ether oxygens (including phenoxy) is 1. The molecule has 1 aliphatic rings. The van der Waals surface area contributed by atoms with E-state index in [1.807, 2.05) is 18.2 Å². The maximum absolute atomic E-state index is 6.15. The third-order valence-electron chi connectivity index (χ3n) is 3.67. The van der Waals surface area contributed by atoms with Crippen LogP contribution in [-0.4, -0.2) is 46.2 Å². The van der Waals surface area contributed by atoms with Crippen LogP contribution in [0.15, 0.2) is 30.6 Å². The zero-order chi connectivity index (χ0) is 14.9. The number of aromatic amines is 1. The first-order valence-corrected chi connectivity index (χ1v) is 7.48. The van der Waals surface area contributed by atoms with Crippen LogP contribution in [0.5, 0.6) is 0 Å². The monoisotopic (exact) mass is 315 g/mol.